The third-order valence-electron chi connectivity index (χ3n) is 6.51. The van der Waals surface area contributed by atoms with Crippen molar-refractivity contribution in [2.24, 2.45) is 5.92 Å². The summed E-state index contributed by atoms with van der Waals surface area (Å²) in [6, 6.07) is 9.61. The molecule has 2 N–H and O–H groups in total. The average Bonchev–Trinajstić information content (AvgIpc) is 3.38. The van der Waals surface area contributed by atoms with Gasteiger partial charge in [-0.2, -0.15) is 0 Å². The molecule has 33 heavy (non-hydrogen) atoms. The molecule has 0 unspecified atom stereocenters. The number of fused-ring (bicyclic) bond motifs is 1. The van der Waals surface area contributed by atoms with Crippen LogP contribution in [0.3, 0.4) is 0 Å². The quantitative estimate of drug-likeness (QED) is 0.657. The van der Waals surface area contributed by atoms with E-state index in [1.165, 1.54) is 4.88 Å². The summed E-state index contributed by atoms with van der Waals surface area (Å²) in [7, 11) is 0. The lowest BCUT2D eigenvalue weighted by Gasteiger charge is -2.36. The first-order chi connectivity index (χ1) is 15.9. The fraction of sp³-hybridized carbons (Fsp3) is 0.480. The van der Waals surface area contributed by atoms with Gasteiger partial charge in [-0.05, 0) is 54.8 Å². The standard InChI is InChI=1S/C25H31N3O4S/c1-17(2)24(31)28-11-3-5-18-7-8-19(15-20(18)28)27-23(30)22(29)26-16-25(9-12-32-13-10-25)21-6-4-14-33-21/h4,6-8,14-15,17H,3,5,9-13,16H2,1-2H3,(H,26,29)(H,27,30). The van der Waals surface area contributed by atoms with Crippen molar-refractivity contribution in [2.75, 3.05) is 36.5 Å². The number of rotatable bonds is 5. The second-order valence-corrected chi connectivity index (χ2v) is 10.0. The average molecular weight is 470 g/mol. The SMILES string of the molecule is CC(C)C(=O)N1CCCc2ccc(NC(=O)C(=O)NCC3(c4cccs4)CCOCC3)cc21. The summed E-state index contributed by atoms with van der Waals surface area (Å²) < 4.78 is 5.53. The largest absolute Gasteiger partial charge is 0.381 e. The summed E-state index contributed by atoms with van der Waals surface area (Å²) in [5, 5.41) is 7.58. The fourth-order valence-corrected chi connectivity index (χ4v) is 5.55. The molecule has 1 fully saturated rings. The molecule has 0 radical (unpaired) electrons. The van der Waals surface area contributed by atoms with Crippen LogP contribution in [0.15, 0.2) is 35.7 Å². The van der Waals surface area contributed by atoms with E-state index in [1.807, 2.05) is 31.4 Å². The molecule has 3 heterocycles. The molecule has 2 aliphatic rings. The Bertz CT molecular complexity index is 1010. The second kappa shape index (κ2) is 10.1. The van der Waals surface area contributed by atoms with Crippen LogP contribution in [0.2, 0.25) is 0 Å². The van der Waals surface area contributed by atoms with Crippen LogP contribution in [0.25, 0.3) is 0 Å². The molecule has 1 saturated heterocycles. The Morgan fingerprint density at radius 1 is 1.15 bits per heavy atom. The Labute approximate surface area is 198 Å². The highest BCUT2D eigenvalue weighted by Crippen LogP contribution is 2.37. The van der Waals surface area contributed by atoms with Crippen molar-refractivity contribution in [2.45, 2.75) is 44.9 Å². The van der Waals surface area contributed by atoms with Crippen LogP contribution in [-0.2, 0) is 31.0 Å². The molecule has 8 heteroatoms. The van der Waals surface area contributed by atoms with Crippen LogP contribution < -0.4 is 15.5 Å². The Morgan fingerprint density at radius 3 is 2.64 bits per heavy atom. The minimum atomic E-state index is -0.708. The van der Waals surface area contributed by atoms with Crippen molar-refractivity contribution in [1.29, 1.82) is 0 Å². The highest BCUT2D eigenvalue weighted by Gasteiger charge is 2.36. The summed E-state index contributed by atoms with van der Waals surface area (Å²) in [5.74, 6) is -1.42. The Hall–Kier alpha value is -2.71. The molecular weight excluding hydrogens is 438 g/mol. The van der Waals surface area contributed by atoms with E-state index >= 15 is 0 Å². The lowest BCUT2D eigenvalue weighted by atomic mass is 9.78. The molecule has 2 aliphatic heterocycles. The van der Waals surface area contributed by atoms with Gasteiger partial charge in [0.1, 0.15) is 0 Å². The maximum atomic E-state index is 12.6. The molecular formula is C25H31N3O4S. The summed E-state index contributed by atoms with van der Waals surface area (Å²) in [4.78, 5) is 40.9. The van der Waals surface area contributed by atoms with Crippen LogP contribution in [-0.4, -0.2) is 44.0 Å². The molecule has 4 rings (SSSR count). The molecule has 176 valence electrons. The fourth-order valence-electron chi connectivity index (χ4n) is 4.56. The maximum absolute atomic E-state index is 12.6. The first-order valence-corrected chi connectivity index (χ1v) is 12.4. The van der Waals surface area contributed by atoms with E-state index in [1.54, 1.807) is 28.4 Å². The zero-order valence-electron chi connectivity index (χ0n) is 19.2. The number of anilines is 2. The first kappa shape index (κ1) is 23.4. The van der Waals surface area contributed by atoms with Gasteiger partial charge in [0.15, 0.2) is 0 Å². The van der Waals surface area contributed by atoms with Gasteiger partial charge in [0.25, 0.3) is 0 Å². The number of nitrogens with zero attached hydrogens (tertiary/aromatic N) is 1. The van der Waals surface area contributed by atoms with E-state index in [0.29, 0.717) is 32.0 Å². The number of ether oxygens (including phenoxy) is 1. The molecule has 7 nitrogen and oxygen atoms in total. The third-order valence-corrected chi connectivity index (χ3v) is 7.63. The van der Waals surface area contributed by atoms with E-state index in [-0.39, 0.29) is 17.2 Å². The molecule has 0 saturated carbocycles. The number of carbonyl (C=O) groups is 3. The van der Waals surface area contributed by atoms with Gasteiger partial charge in [-0.1, -0.05) is 26.0 Å². The Balaban J connectivity index is 1.42. The van der Waals surface area contributed by atoms with Gasteiger partial charge in [0.05, 0.1) is 0 Å². The summed E-state index contributed by atoms with van der Waals surface area (Å²) >= 11 is 1.67. The van der Waals surface area contributed by atoms with Crippen LogP contribution in [0, 0.1) is 5.92 Å². The second-order valence-electron chi connectivity index (χ2n) is 9.10. The van der Waals surface area contributed by atoms with Crippen molar-refractivity contribution < 1.29 is 19.1 Å². The first-order valence-electron chi connectivity index (χ1n) is 11.5. The molecule has 0 bridgehead atoms. The Morgan fingerprint density at radius 2 is 1.94 bits per heavy atom. The maximum Gasteiger partial charge on any atom is 0.313 e. The van der Waals surface area contributed by atoms with E-state index in [2.05, 4.69) is 16.7 Å². The molecule has 0 spiro atoms. The molecule has 3 amide bonds. The van der Waals surface area contributed by atoms with Crippen LogP contribution in [0.4, 0.5) is 11.4 Å². The summed E-state index contributed by atoms with van der Waals surface area (Å²) in [5.41, 5.74) is 2.20. The predicted molar refractivity (Wildman–Crippen MR) is 130 cm³/mol. The monoisotopic (exact) mass is 469 g/mol. The van der Waals surface area contributed by atoms with Crippen LogP contribution >= 0.6 is 11.3 Å². The predicted octanol–water partition coefficient (Wildman–Crippen LogP) is 3.49. The summed E-state index contributed by atoms with van der Waals surface area (Å²) in [6.07, 6.45) is 3.41. The number of hydrogen-bond acceptors (Lipinski definition) is 5. The molecule has 0 atom stereocenters. The van der Waals surface area contributed by atoms with Gasteiger partial charge in [-0.25, -0.2) is 0 Å². The normalized spacial score (nSPS) is 17.4. The van der Waals surface area contributed by atoms with Crippen molar-refractivity contribution in [3.8, 4) is 0 Å². The van der Waals surface area contributed by atoms with Gasteiger partial charge in [0, 0.05) is 53.9 Å². The third kappa shape index (κ3) is 5.12. The molecule has 1 aromatic carbocycles. The van der Waals surface area contributed by atoms with Gasteiger partial charge in [-0.3, -0.25) is 14.4 Å². The topological polar surface area (TPSA) is 87.7 Å². The number of amides is 3. The summed E-state index contributed by atoms with van der Waals surface area (Å²) in [6.45, 7) is 6.10. The number of nitrogens with one attached hydrogen (secondary N) is 2. The molecule has 2 aromatic rings. The number of hydrogen-bond donors (Lipinski definition) is 2. The van der Waals surface area contributed by atoms with Crippen molar-refractivity contribution in [3.05, 3.63) is 46.2 Å². The lowest BCUT2D eigenvalue weighted by Crippen LogP contribution is -2.46. The minimum Gasteiger partial charge on any atom is -0.381 e. The smallest absolute Gasteiger partial charge is 0.313 e. The lowest BCUT2D eigenvalue weighted by molar-refractivity contribution is -0.136. The number of aryl methyl sites for hydroxylation is 1. The van der Waals surface area contributed by atoms with E-state index in [9.17, 15) is 14.4 Å². The Kier molecular flexibility index (Phi) is 7.14. The van der Waals surface area contributed by atoms with Crippen molar-refractivity contribution >= 4 is 40.4 Å². The van der Waals surface area contributed by atoms with E-state index < -0.39 is 11.8 Å². The van der Waals surface area contributed by atoms with Gasteiger partial charge < -0.3 is 20.3 Å². The minimum absolute atomic E-state index is 0.0625. The van der Waals surface area contributed by atoms with Gasteiger partial charge in [-0.15, -0.1) is 11.3 Å². The number of carbonyl (C=O) groups excluding carboxylic acids is 3. The highest BCUT2D eigenvalue weighted by atomic mass is 32.1. The zero-order chi connectivity index (χ0) is 23.4. The van der Waals surface area contributed by atoms with E-state index in [4.69, 9.17) is 4.74 Å². The number of thiophene rings is 1. The molecule has 1 aromatic heterocycles. The zero-order valence-corrected chi connectivity index (χ0v) is 20.0. The van der Waals surface area contributed by atoms with E-state index in [0.717, 1.165) is 36.9 Å². The van der Waals surface area contributed by atoms with Crippen LogP contribution in [0.5, 0.6) is 0 Å². The van der Waals surface area contributed by atoms with Gasteiger partial charge >= 0.3 is 11.8 Å². The van der Waals surface area contributed by atoms with Crippen molar-refractivity contribution in [3.63, 3.8) is 0 Å². The number of benzene rings is 1. The van der Waals surface area contributed by atoms with Crippen LogP contribution in [0.1, 0.15) is 43.6 Å². The van der Waals surface area contributed by atoms with Gasteiger partial charge in [0.2, 0.25) is 5.91 Å². The highest BCUT2D eigenvalue weighted by molar-refractivity contribution is 7.10. The molecule has 0 aliphatic carbocycles. The van der Waals surface area contributed by atoms with Crippen molar-refractivity contribution in [1.82, 2.24) is 5.32 Å².